The second kappa shape index (κ2) is 24.8. The second-order valence-electron chi connectivity index (χ2n) is 12.2. The zero-order chi connectivity index (χ0) is 31.4. The van der Waals surface area contributed by atoms with E-state index in [1.807, 2.05) is 12.1 Å². The summed E-state index contributed by atoms with van der Waals surface area (Å²) in [5.74, 6) is 0. The number of nitrogens with zero attached hydrogens (tertiary/aromatic N) is 3. The predicted molar refractivity (Wildman–Crippen MR) is 190 cm³/mol. The molecule has 0 bridgehead atoms. The number of aromatic nitrogens is 1. The third-order valence-corrected chi connectivity index (χ3v) is 8.33. The Labute approximate surface area is 321 Å². The van der Waals surface area contributed by atoms with Crippen molar-refractivity contribution in [1.29, 1.82) is 0 Å². The number of hydrogen-bond acceptors (Lipinski definition) is 3. The predicted octanol–water partition coefficient (Wildman–Crippen LogP) is 3.01. The maximum absolute atomic E-state index is 6.73. The maximum Gasteiger partial charge on any atom is 0.0864 e. The Balaban J connectivity index is 0. The number of aliphatic imine (C=N–C) groups is 2. The van der Waals surface area contributed by atoms with Gasteiger partial charge in [-0.1, -0.05) is 100 Å². The molecule has 0 N–H and O–H groups in total. The summed E-state index contributed by atoms with van der Waals surface area (Å²) < 4.78 is 0. The first-order valence-electron chi connectivity index (χ1n) is 16.7. The van der Waals surface area contributed by atoms with Crippen LogP contribution in [0.1, 0.15) is 138 Å². The quantitative estimate of drug-likeness (QED) is 0.208. The number of hydrogen-bond donors (Lipinski definition) is 0. The Kier molecular flexibility index (Phi) is 25.2. The van der Waals surface area contributed by atoms with Gasteiger partial charge in [-0.15, -0.1) is 0 Å². The van der Waals surface area contributed by atoms with Crippen molar-refractivity contribution in [3.63, 3.8) is 0 Å². The molecule has 3 aromatic rings. The molecule has 3 rings (SSSR count). The van der Waals surface area contributed by atoms with Gasteiger partial charge in [0.05, 0.1) is 34.2 Å². The summed E-state index contributed by atoms with van der Waals surface area (Å²) in [4.78, 5) is 15.6. The summed E-state index contributed by atoms with van der Waals surface area (Å²) in [7, 11) is 0. The van der Waals surface area contributed by atoms with E-state index in [1.165, 1.54) is 59.1 Å². The van der Waals surface area contributed by atoms with Gasteiger partial charge < -0.3 is 37.2 Å². The van der Waals surface area contributed by atoms with Crippen LogP contribution in [0.4, 0.5) is 11.4 Å². The molecule has 47 heavy (non-hydrogen) atoms. The largest absolute Gasteiger partial charge is 1.00 e. The Morgan fingerprint density at radius 2 is 0.830 bits per heavy atom. The van der Waals surface area contributed by atoms with Gasteiger partial charge in [-0.25, -0.2) is 4.98 Å². The summed E-state index contributed by atoms with van der Waals surface area (Å²) >= 11 is 6.73. The fourth-order valence-corrected chi connectivity index (χ4v) is 5.91. The summed E-state index contributed by atoms with van der Waals surface area (Å²) in [6.45, 7) is 17.5. The molecule has 0 amide bonds. The average molecular weight is 758 g/mol. The van der Waals surface area contributed by atoms with Crippen molar-refractivity contribution in [2.24, 2.45) is 9.98 Å². The van der Waals surface area contributed by atoms with Crippen LogP contribution < -0.4 is 37.2 Å². The van der Waals surface area contributed by atoms with E-state index in [1.54, 1.807) is 0 Å². The first-order chi connectivity index (χ1) is 20.7. The minimum absolute atomic E-state index is 0. The Morgan fingerprint density at radius 1 is 0.553 bits per heavy atom. The van der Waals surface area contributed by atoms with E-state index in [-0.39, 0.29) is 55.8 Å². The van der Waals surface area contributed by atoms with E-state index in [4.69, 9.17) is 26.6 Å². The van der Waals surface area contributed by atoms with Gasteiger partial charge in [0.15, 0.2) is 0 Å². The fourth-order valence-electron chi connectivity index (χ4n) is 5.70. The van der Waals surface area contributed by atoms with Crippen molar-refractivity contribution in [2.45, 2.75) is 132 Å². The molecule has 1 heterocycles. The third kappa shape index (κ3) is 14.6. The van der Waals surface area contributed by atoms with Crippen LogP contribution in [0.25, 0.3) is 0 Å². The number of unbranched alkanes of at least 4 members (excludes halogenated alkanes) is 4. The number of pyridine rings is 1. The number of benzene rings is 2. The molecule has 0 saturated carbocycles. The second-order valence-corrected chi connectivity index (χ2v) is 12.7. The third-order valence-electron chi connectivity index (χ3n) is 8.11. The van der Waals surface area contributed by atoms with Crippen LogP contribution in [0, 0.1) is 13.8 Å². The van der Waals surface area contributed by atoms with Gasteiger partial charge in [0, 0.05) is 23.6 Å². The Hall–Kier alpha value is -1.33. The normalized spacial score (nSPS) is 11.3. The number of aryl methyl sites for hydroxylation is 6. The zero-order valence-corrected chi connectivity index (χ0v) is 34.2. The van der Waals surface area contributed by atoms with Crippen molar-refractivity contribution in [1.82, 2.24) is 4.98 Å². The molecule has 0 aliphatic carbocycles. The van der Waals surface area contributed by atoms with Crippen molar-refractivity contribution >= 4 is 34.4 Å². The SMILES string of the molecule is CCCCc1cc(C)cc(CCCC)c1N=C(C)c1cc(Cl)cc(C(C)=Nc2c(CCCC)cc(C)cc2CCCC)n1.[Cl-].[Cl-].[Cl-].[V]. The smallest absolute Gasteiger partial charge is 0.0864 e. The van der Waals surface area contributed by atoms with Gasteiger partial charge in [0.25, 0.3) is 0 Å². The molecule has 8 heteroatoms. The number of rotatable bonds is 16. The van der Waals surface area contributed by atoms with Crippen molar-refractivity contribution in [2.75, 3.05) is 0 Å². The van der Waals surface area contributed by atoms with Crippen LogP contribution in [0.15, 0.2) is 46.4 Å². The van der Waals surface area contributed by atoms with Crippen LogP contribution in [0.3, 0.4) is 0 Å². The molecule has 0 unspecified atom stereocenters. The summed E-state index contributed by atoms with van der Waals surface area (Å²) in [6, 6.07) is 13.1. The molecule has 3 nitrogen and oxygen atoms in total. The van der Waals surface area contributed by atoms with Crippen LogP contribution in [-0.2, 0) is 44.2 Å². The van der Waals surface area contributed by atoms with Crippen molar-refractivity contribution in [3.05, 3.63) is 86.2 Å². The zero-order valence-electron chi connectivity index (χ0n) is 29.8. The summed E-state index contributed by atoms with van der Waals surface area (Å²) in [5, 5.41) is 0.659. The molecule has 0 aliphatic heterocycles. The minimum Gasteiger partial charge on any atom is -1.00 e. The summed E-state index contributed by atoms with van der Waals surface area (Å²) in [6.07, 6.45) is 13.5. The molecular weight excluding hydrogens is 703 g/mol. The molecule has 1 radical (unpaired) electrons. The monoisotopic (exact) mass is 755 g/mol. The summed E-state index contributed by atoms with van der Waals surface area (Å²) in [5.41, 5.74) is 13.6. The molecule has 0 saturated heterocycles. The van der Waals surface area contributed by atoms with Gasteiger partial charge >= 0.3 is 0 Å². The van der Waals surface area contributed by atoms with Gasteiger partial charge in [-0.05, 0) is 113 Å². The Morgan fingerprint density at radius 3 is 1.09 bits per heavy atom. The molecule has 1 aromatic heterocycles. The topological polar surface area (TPSA) is 37.6 Å². The minimum atomic E-state index is 0. The van der Waals surface area contributed by atoms with E-state index >= 15 is 0 Å². The van der Waals surface area contributed by atoms with E-state index in [0.717, 1.165) is 85.6 Å². The van der Waals surface area contributed by atoms with Crippen LogP contribution in [-0.4, -0.2) is 16.4 Å². The first-order valence-corrected chi connectivity index (χ1v) is 17.1. The average Bonchev–Trinajstić information content (AvgIpc) is 2.98. The molecule has 0 aliphatic rings. The van der Waals surface area contributed by atoms with Gasteiger partial charge in [0.1, 0.15) is 0 Å². The molecule has 0 spiro atoms. The van der Waals surface area contributed by atoms with E-state index < -0.39 is 0 Å². The van der Waals surface area contributed by atoms with Gasteiger partial charge in [0.2, 0.25) is 0 Å². The Bertz CT molecular complexity index is 1270. The molecule has 0 fully saturated rings. The molecule has 2 aromatic carbocycles. The first kappa shape index (κ1) is 47.8. The number of halogens is 4. The fraction of sp³-hybridized carbons (Fsp3) is 0.513. The van der Waals surface area contributed by atoms with Crippen molar-refractivity contribution < 1.29 is 55.8 Å². The van der Waals surface area contributed by atoms with E-state index in [9.17, 15) is 0 Å². The van der Waals surface area contributed by atoms with E-state index in [0.29, 0.717) is 5.02 Å². The van der Waals surface area contributed by atoms with Crippen LogP contribution >= 0.6 is 11.6 Å². The van der Waals surface area contributed by atoms with Gasteiger partial charge in [-0.3, -0.25) is 9.98 Å². The van der Waals surface area contributed by atoms with Crippen LogP contribution in [0.5, 0.6) is 0 Å². The van der Waals surface area contributed by atoms with Crippen LogP contribution in [0.2, 0.25) is 5.02 Å². The maximum atomic E-state index is 6.73. The van der Waals surface area contributed by atoms with Crippen molar-refractivity contribution in [3.8, 4) is 0 Å². The molecular formula is C39H54Cl4N3V-3. The molecule has 261 valence electrons. The van der Waals surface area contributed by atoms with E-state index in [2.05, 4.69) is 79.7 Å². The standard InChI is InChI=1S/C39H54ClN3.3ClH.V/c1-9-13-17-31-21-27(5)22-32(18-14-10-2)38(31)41-29(7)36-25-35(40)26-37(43-36)30(8)42-39-33(19-15-11-3)23-28(6)24-34(39)20-16-12-4;;;;/h21-26H,9-20H2,1-8H3;3*1H;/p-3. The molecule has 0 atom stereocenters. The van der Waals surface area contributed by atoms with Gasteiger partial charge in [-0.2, -0.15) is 0 Å².